The van der Waals surface area contributed by atoms with E-state index >= 15 is 0 Å². The Hall–Kier alpha value is -2.25. The number of carbonyl (C=O) groups is 2. The molecule has 0 saturated carbocycles. The molecule has 0 aromatic heterocycles. The summed E-state index contributed by atoms with van der Waals surface area (Å²) in [6, 6.07) is 8.68. The molecular formula is C22H26BrClN2O4. The molecule has 30 heavy (non-hydrogen) atoms. The Balaban J connectivity index is 2.13. The summed E-state index contributed by atoms with van der Waals surface area (Å²) in [5.41, 5.74) is 1.94. The van der Waals surface area contributed by atoms with Crippen molar-refractivity contribution in [1.82, 2.24) is 4.90 Å². The molecule has 0 fully saturated rings. The predicted molar refractivity (Wildman–Crippen MR) is 123 cm³/mol. The quantitative estimate of drug-likeness (QED) is 0.510. The highest BCUT2D eigenvalue weighted by Gasteiger charge is 2.20. The van der Waals surface area contributed by atoms with Crippen LogP contribution in [-0.2, 0) is 4.79 Å². The summed E-state index contributed by atoms with van der Waals surface area (Å²) >= 11 is 9.73. The highest BCUT2D eigenvalue weighted by Crippen LogP contribution is 2.37. The lowest BCUT2D eigenvalue weighted by Crippen LogP contribution is -2.35. The number of likely N-dealkylation sites (N-methyl/N-ethyl adjacent to an activating group) is 1. The second-order valence-electron chi connectivity index (χ2n) is 6.74. The molecule has 0 aliphatic carbocycles. The lowest BCUT2D eigenvalue weighted by molar-refractivity contribution is -0.116. The van der Waals surface area contributed by atoms with Crippen LogP contribution in [0.4, 0.5) is 5.69 Å². The number of amides is 2. The van der Waals surface area contributed by atoms with E-state index in [9.17, 15) is 9.59 Å². The fourth-order valence-electron chi connectivity index (χ4n) is 2.76. The van der Waals surface area contributed by atoms with Crippen molar-refractivity contribution in [3.05, 3.63) is 51.0 Å². The van der Waals surface area contributed by atoms with Gasteiger partial charge in [0, 0.05) is 22.8 Å². The first-order valence-electron chi connectivity index (χ1n) is 9.67. The van der Waals surface area contributed by atoms with Crippen molar-refractivity contribution in [1.29, 1.82) is 0 Å². The van der Waals surface area contributed by atoms with Gasteiger partial charge in [0.15, 0.2) is 11.5 Å². The Morgan fingerprint density at radius 2 is 1.90 bits per heavy atom. The lowest BCUT2D eigenvalue weighted by Gasteiger charge is -2.19. The van der Waals surface area contributed by atoms with E-state index in [4.69, 9.17) is 21.1 Å². The fourth-order valence-corrected chi connectivity index (χ4v) is 3.50. The summed E-state index contributed by atoms with van der Waals surface area (Å²) in [5, 5.41) is 3.12. The van der Waals surface area contributed by atoms with Crippen LogP contribution in [0.25, 0.3) is 0 Å². The molecule has 2 rings (SSSR count). The zero-order valence-corrected chi connectivity index (χ0v) is 19.9. The van der Waals surface area contributed by atoms with Gasteiger partial charge in [-0.3, -0.25) is 9.59 Å². The molecule has 2 amide bonds. The maximum Gasteiger partial charge on any atom is 0.254 e. The third-order valence-electron chi connectivity index (χ3n) is 4.20. The lowest BCUT2D eigenvalue weighted by atomic mass is 10.1. The van der Waals surface area contributed by atoms with Gasteiger partial charge in [-0.2, -0.15) is 0 Å². The van der Waals surface area contributed by atoms with Crippen molar-refractivity contribution in [3.8, 4) is 11.5 Å². The Bertz CT molecular complexity index is 920. The summed E-state index contributed by atoms with van der Waals surface area (Å²) in [4.78, 5) is 26.6. The van der Waals surface area contributed by atoms with Gasteiger partial charge in [-0.05, 0) is 56.2 Å². The van der Waals surface area contributed by atoms with Crippen LogP contribution < -0.4 is 14.8 Å². The van der Waals surface area contributed by atoms with Crippen LogP contribution >= 0.6 is 27.5 Å². The van der Waals surface area contributed by atoms with Gasteiger partial charge in [0.25, 0.3) is 5.91 Å². The van der Waals surface area contributed by atoms with E-state index in [1.807, 2.05) is 39.0 Å². The fraction of sp³-hybridized carbons (Fsp3) is 0.364. The van der Waals surface area contributed by atoms with Gasteiger partial charge in [0.2, 0.25) is 5.91 Å². The summed E-state index contributed by atoms with van der Waals surface area (Å²) in [7, 11) is 1.56. The summed E-state index contributed by atoms with van der Waals surface area (Å²) < 4.78 is 12.2. The van der Waals surface area contributed by atoms with Gasteiger partial charge < -0.3 is 19.7 Å². The first-order chi connectivity index (χ1) is 14.3. The first kappa shape index (κ1) is 24.0. The van der Waals surface area contributed by atoms with E-state index < -0.39 is 0 Å². The zero-order chi connectivity index (χ0) is 22.3. The molecule has 0 aliphatic heterocycles. The van der Waals surface area contributed by atoms with Gasteiger partial charge >= 0.3 is 0 Å². The Morgan fingerprint density at radius 3 is 2.53 bits per heavy atom. The van der Waals surface area contributed by atoms with Crippen molar-refractivity contribution in [2.45, 2.75) is 27.2 Å². The minimum absolute atomic E-state index is 0.107. The number of aryl methyl sites for hydroxylation is 1. The third-order valence-corrected chi connectivity index (χ3v) is 4.97. The second kappa shape index (κ2) is 11.2. The number of hydrogen-bond donors (Lipinski definition) is 1. The van der Waals surface area contributed by atoms with Gasteiger partial charge in [-0.25, -0.2) is 0 Å². The number of rotatable bonds is 9. The molecule has 0 radical (unpaired) electrons. The smallest absolute Gasteiger partial charge is 0.254 e. The van der Waals surface area contributed by atoms with Gasteiger partial charge in [0.05, 0.1) is 24.8 Å². The minimum atomic E-state index is -0.345. The summed E-state index contributed by atoms with van der Waals surface area (Å²) in [6.07, 6.45) is 0.818. The Morgan fingerprint density at radius 1 is 1.17 bits per heavy atom. The zero-order valence-electron chi connectivity index (χ0n) is 17.6. The Labute approximate surface area is 190 Å². The van der Waals surface area contributed by atoms with Crippen LogP contribution in [0.5, 0.6) is 11.5 Å². The average Bonchev–Trinajstić information content (AvgIpc) is 2.69. The topological polar surface area (TPSA) is 67.9 Å². The van der Waals surface area contributed by atoms with Crippen molar-refractivity contribution < 1.29 is 19.1 Å². The molecule has 0 aliphatic rings. The molecule has 0 bridgehead atoms. The number of anilines is 1. The van der Waals surface area contributed by atoms with E-state index in [1.165, 1.54) is 11.0 Å². The average molecular weight is 498 g/mol. The molecule has 1 N–H and O–H groups in total. The minimum Gasteiger partial charge on any atom is -0.490 e. The number of carbonyl (C=O) groups excluding carboxylic acids is 2. The van der Waals surface area contributed by atoms with Gasteiger partial charge in [-0.1, -0.05) is 34.5 Å². The maximum atomic E-state index is 12.9. The SMILES string of the molecule is CCCOc1c(Cl)cc(C(=O)N(C)CC(=O)Nc2ccc(Br)cc2C)cc1OCC. The van der Waals surface area contributed by atoms with Crippen LogP contribution in [0.1, 0.15) is 36.2 Å². The normalized spacial score (nSPS) is 10.5. The van der Waals surface area contributed by atoms with Crippen LogP contribution in [0.2, 0.25) is 5.02 Å². The monoisotopic (exact) mass is 496 g/mol. The largest absolute Gasteiger partial charge is 0.490 e. The molecule has 2 aromatic carbocycles. The van der Waals surface area contributed by atoms with Crippen molar-refractivity contribution >= 4 is 45.0 Å². The molecular weight excluding hydrogens is 472 g/mol. The summed E-state index contributed by atoms with van der Waals surface area (Å²) in [5.74, 6) is 0.186. The molecule has 0 atom stereocenters. The maximum absolute atomic E-state index is 12.9. The standard InChI is InChI=1S/C22H26BrClN2O4/c1-5-9-30-21-17(24)11-15(12-19(21)29-6-2)22(28)26(4)13-20(27)25-18-8-7-16(23)10-14(18)3/h7-8,10-12H,5-6,9,13H2,1-4H3,(H,25,27). The molecule has 162 valence electrons. The van der Waals surface area contributed by atoms with Crippen LogP contribution in [0.3, 0.4) is 0 Å². The number of nitrogens with zero attached hydrogens (tertiary/aromatic N) is 1. The highest BCUT2D eigenvalue weighted by atomic mass is 79.9. The first-order valence-corrected chi connectivity index (χ1v) is 10.8. The number of benzene rings is 2. The van der Waals surface area contributed by atoms with Crippen LogP contribution in [0.15, 0.2) is 34.8 Å². The van der Waals surface area contributed by atoms with Crippen LogP contribution in [0, 0.1) is 6.92 Å². The van der Waals surface area contributed by atoms with Gasteiger partial charge in [0.1, 0.15) is 0 Å². The van der Waals surface area contributed by atoms with Gasteiger partial charge in [-0.15, -0.1) is 0 Å². The van der Waals surface area contributed by atoms with Crippen molar-refractivity contribution in [2.75, 3.05) is 32.1 Å². The molecule has 0 spiro atoms. The van der Waals surface area contributed by atoms with Crippen LogP contribution in [-0.4, -0.2) is 43.5 Å². The number of ether oxygens (including phenoxy) is 2. The number of nitrogens with one attached hydrogen (secondary N) is 1. The molecule has 0 unspecified atom stereocenters. The van der Waals surface area contributed by atoms with E-state index in [1.54, 1.807) is 13.1 Å². The molecule has 8 heteroatoms. The van der Waals surface area contributed by atoms with Crippen molar-refractivity contribution in [2.24, 2.45) is 0 Å². The molecule has 6 nitrogen and oxygen atoms in total. The second-order valence-corrected chi connectivity index (χ2v) is 8.06. The highest BCUT2D eigenvalue weighted by molar-refractivity contribution is 9.10. The van der Waals surface area contributed by atoms with E-state index in [0.717, 1.165) is 16.5 Å². The van der Waals surface area contributed by atoms with Crippen molar-refractivity contribution in [3.63, 3.8) is 0 Å². The molecule has 0 heterocycles. The molecule has 0 saturated heterocycles. The van der Waals surface area contributed by atoms with E-state index in [-0.39, 0.29) is 18.4 Å². The summed E-state index contributed by atoms with van der Waals surface area (Å²) in [6.45, 7) is 6.51. The number of hydrogen-bond acceptors (Lipinski definition) is 4. The third kappa shape index (κ3) is 6.37. The van der Waals surface area contributed by atoms with E-state index in [0.29, 0.717) is 41.0 Å². The number of halogens is 2. The van der Waals surface area contributed by atoms with E-state index in [2.05, 4.69) is 21.2 Å². The Kier molecular flexibility index (Phi) is 8.99. The molecule has 2 aromatic rings. The predicted octanol–water partition coefficient (Wildman–Crippen LogP) is 5.31.